The number of hydrogen-bond acceptors (Lipinski definition) is 3. The zero-order valence-corrected chi connectivity index (χ0v) is 12.6. The van der Waals surface area contributed by atoms with E-state index in [4.69, 9.17) is 4.74 Å². The highest BCUT2D eigenvalue weighted by Gasteiger charge is 2.35. The molecule has 4 heteroatoms. The summed E-state index contributed by atoms with van der Waals surface area (Å²) in [5.41, 5.74) is 1.00. The first-order valence-corrected chi connectivity index (χ1v) is 7.36. The molecular formula is C16H25N2O2+. The summed E-state index contributed by atoms with van der Waals surface area (Å²) in [6, 6.07) is 7.46. The van der Waals surface area contributed by atoms with E-state index in [9.17, 15) is 4.79 Å². The Morgan fingerprint density at radius 3 is 2.60 bits per heavy atom. The molecule has 110 valence electrons. The molecule has 0 bridgehead atoms. The molecule has 0 saturated carbocycles. The van der Waals surface area contributed by atoms with Crippen molar-refractivity contribution in [2.24, 2.45) is 5.92 Å². The number of ether oxygens (including phenoxy) is 1. The maximum absolute atomic E-state index is 12.4. The fourth-order valence-electron chi connectivity index (χ4n) is 2.88. The molecule has 3 N–H and O–H groups in total. The summed E-state index contributed by atoms with van der Waals surface area (Å²) in [7, 11) is 1.81. The number of quaternary nitrogens is 1. The molecule has 0 aliphatic carbocycles. The number of carbonyl (C=O) groups excluding carboxylic acids is 1. The van der Waals surface area contributed by atoms with E-state index in [1.165, 1.54) is 0 Å². The second-order valence-corrected chi connectivity index (χ2v) is 5.93. The number of para-hydroxylation sites is 1. The summed E-state index contributed by atoms with van der Waals surface area (Å²) in [6.07, 6.45) is 2.21. The molecule has 1 aliphatic heterocycles. The normalized spacial score (nSPS) is 16.8. The molecule has 1 saturated heterocycles. The summed E-state index contributed by atoms with van der Waals surface area (Å²) in [4.78, 5) is 12.4. The van der Waals surface area contributed by atoms with Gasteiger partial charge in [-0.15, -0.1) is 0 Å². The van der Waals surface area contributed by atoms with Crippen LogP contribution in [0.2, 0.25) is 0 Å². The first-order valence-electron chi connectivity index (χ1n) is 7.36. The summed E-state index contributed by atoms with van der Waals surface area (Å²) in [5, 5.41) is 5.36. The van der Waals surface area contributed by atoms with Crippen molar-refractivity contribution in [2.45, 2.75) is 32.3 Å². The largest absolute Gasteiger partial charge is 0.456 e. The highest BCUT2D eigenvalue weighted by Crippen LogP contribution is 2.29. The molecule has 1 aliphatic rings. The highest BCUT2D eigenvalue weighted by atomic mass is 16.6. The van der Waals surface area contributed by atoms with Gasteiger partial charge >= 0.3 is 5.97 Å². The van der Waals surface area contributed by atoms with Crippen molar-refractivity contribution >= 4 is 11.7 Å². The van der Waals surface area contributed by atoms with Crippen LogP contribution in [-0.4, -0.2) is 31.7 Å². The molecule has 0 atom stereocenters. The van der Waals surface area contributed by atoms with Crippen LogP contribution in [0.4, 0.5) is 5.69 Å². The summed E-state index contributed by atoms with van der Waals surface area (Å²) in [5.74, 6) is 0.202. The average Bonchev–Trinajstić information content (AvgIpc) is 2.47. The van der Waals surface area contributed by atoms with E-state index in [0.717, 1.165) is 31.6 Å². The van der Waals surface area contributed by atoms with Gasteiger partial charge in [-0.3, -0.25) is 0 Å². The number of benzene rings is 1. The maximum Gasteiger partial charge on any atom is 0.340 e. The molecule has 1 aromatic rings. The van der Waals surface area contributed by atoms with E-state index >= 15 is 0 Å². The van der Waals surface area contributed by atoms with Crippen LogP contribution in [-0.2, 0) is 4.74 Å². The fraction of sp³-hybridized carbons (Fsp3) is 0.562. The standard InChI is InChI=1S/C16H24N2O2/c1-16(2,12-8-10-18-11-9-12)20-15(19)13-6-4-5-7-14(13)17-3/h4-7,12,17-18H,8-11H2,1-3H3/p+1. The van der Waals surface area contributed by atoms with Crippen molar-refractivity contribution in [3.05, 3.63) is 29.8 Å². The molecule has 2 rings (SSSR count). The predicted octanol–water partition coefficient (Wildman–Crippen LogP) is 1.64. The topological polar surface area (TPSA) is 54.9 Å². The Balaban J connectivity index is 2.09. The lowest BCUT2D eigenvalue weighted by Crippen LogP contribution is -2.86. The van der Waals surface area contributed by atoms with E-state index in [1.54, 1.807) is 6.07 Å². The van der Waals surface area contributed by atoms with Gasteiger partial charge in [0.1, 0.15) is 5.60 Å². The third-order valence-corrected chi connectivity index (χ3v) is 4.19. The zero-order valence-electron chi connectivity index (χ0n) is 12.6. The molecule has 1 aromatic carbocycles. The Labute approximate surface area is 120 Å². The van der Waals surface area contributed by atoms with Gasteiger partial charge < -0.3 is 15.4 Å². The minimum atomic E-state index is -0.411. The van der Waals surface area contributed by atoms with E-state index in [-0.39, 0.29) is 5.97 Å². The summed E-state index contributed by atoms with van der Waals surface area (Å²) in [6.45, 7) is 6.31. The molecule has 1 fully saturated rings. The molecule has 0 spiro atoms. The fourth-order valence-corrected chi connectivity index (χ4v) is 2.88. The molecule has 20 heavy (non-hydrogen) atoms. The van der Waals surface area contributed by atoms with Gasteiger partial charge in [0.25, 0.3) is 0 Å². The van der Waals surface area contributed by atoms with Crippen LogP contribution in [0.15, 0.2) is 24.3 Å². The van der Waals surface area contributed by atoms with Crippen LogP contribution >= 0.6 is 0 Å². The van der Waals surface area contributed by atoms with Gasteiger partial charge in [-0.2, -0.15) is 0 Å². The number of carbonyl (C=O) groups is 1. The molecule has 0 aromatic heterocycles. The maximum atomic E-state index is 12.4. The quantitative estimate of drug-likeness (QED) is 0.823. The van der Waals surface area contributed by atoms with Crippen molar-refractivity contribution in [1.29, 1.82) is 0 Å². The van der Waals surface area contributed by atoms with Gasteiger partial charge in [-0.25, -0.2) is 4.79 Å². The molecule has 0 unspecified atom stereocenters. The Bertz CT molecular complexity index is 465. The molecule has 0 amide bonds. The van der Waals surface area contributed by atoms with Gasteiger partial charge in [0.05, 0.1) is 18.7 Å². The van der Waals surface area contributed by atoms with Gasteiger partial charge in [-0.1, -0.05) is 12.1 Å². The van der Waals surface area contributed by atoms with Crippen LogP contribution in [0.25, 0.3) is 0 Å². The first kappa shape index (κ1) is 14.9. The number of esters is 1. The van der Waals surface area contributed by atoms with Crippen molar-refractivity contribution in [1.82, 2.24) is 0 Å². The third-order valence-electron chi connectivity index (χ3n) is 4.19. The van der Waals surface area contributed by atoms with Crippen molar-refractivity contribution in [3.63, 3.8) is 0 Å². The van der Waals surface area contributed by atoms with Crippen molar-refractivity contribution in [3.8, 4) is 0 Å². The minimum absolute atomic E-state index is 0.241. The Morgan fingerprint density at radius 2 is 1.95 bits per heavy atom. The SMILES string of the molecule is CNc1ccccc1C(=O)OC(C)(C)C1CC[NH2+]CC1. The third kappa shape index (κ3) is 3.31. The Morgan fingerprint density at radius 1 is 1.30 bits per heavy atom. The Hall–Kier alpha value is -1.55. The molecule has 4 nitrogen and oxygen atoms in total. The lowest BCUT2D eigenvalue weighted by Gasteiger charge is -2.35. The summed E-state index contributed by atoms with van der Waals surface area (Å²) < 4.78 is 5.81. The number of nitrogens with one attached hydrogen (secondary N) is 1. The van der Waals surface area contributed by atoms with Crippen molar-refractivity contribution < 1.29 is 14.8 Å². The molecule has 0 radical (unpaired) electrons. The second-order valence-electron chi connectivity index (χ2n) is 5.93. The van der Waals surface area contributed by atoms with Gasteiger partial charge in [0.2, 0.25) is 0 Å². The number of rotatable bonds is 4. The van der Waals surface area contributed by atoms with Crippen LogP contribution in [0.5, 0.6) is 0 Å². The van der Waals surface area contributed by atoms with Crippen LogP contribution in [0.3, 0.4) is 0 Å². The van der Waals surface area contributed by atoms with Crippen LogP contribution in [0.1, 0.15) is 37.0 Å². The van der Waals surface area contributed by atoms with E-state index in [0.29, 0.717) is 11.5 Å². The lowest BCUT2D eigenvalue weighted by atomic mass is 9.83. The van der Waals surface area contributed by atoms with Crippen molar-refractivity contribution in [2.75, 3.05) is 25.5 Å². The van der Waals surface area contributed by atoms with Gasteiger partial charge in [0, 0.05) is 31.5 Å². The molecular weight excluding hydrogens is 252 g/mol. The number of piperidine rings is 1. The monoisotopic (exact) mass is 277 g/mol. The number of nitrogens with two attached hydrogens (primary N) is 1. The average molecular weight is 277 g/mol. The second kappa shape index (κ2) is 6.27. The Kier molecular flexibility index (Phi) is 4.65. The van der Waals surface area contributed by atoms with E-state index in [1.807, 2.05) is 39.1 Å². The van der Waals surface area contributed by atoms with Crippen LogP contribution in [0, 0.1) is 5.92 Å². The van der Waals surface area contributed by atoms with Gasteiger partial charge in [-0.05, 0) is 26.0 Å². The first-order chi connectivity index (χ1) is 9.54. The smallest absolute Gasteiger partial charge is 0.340 e. The lowest BCUT2D eigenvalue weighted by molar-refractivity contribution is -0.665. The summed E-state index contributed by atoms with van der Waals surface area (Å²) >= 11 is 0. The minimum Gasteiger partial charge on any atom is -0.456 e. The number of hydrogen-bond donors (Lipinski definition) is 2. The number of anilines is 1. The zero-order chi connectivity index (χ0) is 14.6. The predicted molar refractivity (Wildman–Crippen MR) is 79.9 cm³/mol. The molecule has 1 heterocycles. The van der Waals surface area contributed by atoms with Gasteiger partial charge in [0.15, 0.2) is 0 Å². The van der Waals surface area contributed by atoms with E-state index < -0.39 is 5.60 Å². The highest BCUT2D eigenvalue weighted by molar-refractivity contribution is 5.95. The van der Waals surface area contributed by atoms with Crippen LogP contribution < -0.4 is 10.6 Å². The van der Waals surface area contributed by atoms with E-state index in [2.05, 4.69) is 10.6 Å².